The predicted octanol–water partition coefficient (Wildman–Crippen LogP) is 0.552. The summed E-state index contributed by atoms with van der Waals surface area (Å²) in [5.41, 5.74) is 5.65. The Hall–Kier alpha value is -0.650. The summed E-state index contributed by atoms with van der Waals surface area (Å²) < 4.78 is 5.59. The first kappa shape index (κ1) is 14.8. The molecular formula is C14H26N2O3. The Labute approximate surface area is 114 Å². The third-order valence-electron chi connectivity index (χ3n) is 4.61. The van der Waals surface area contributed by atoms with Crippen LogP contribution in [-0.4, -0.2) is 42.9 Å². The molecule has 0 bridgehead atoms. The number of rotatable bonds is 6. The molecule has 0 unspecified atom stereocenters. The van der Waals surface area contributed by atoms with Crippen molar-refractivity contribution in [1.29, 1.82) is 0 Å². The lowest BCUT2D eigenvalue weighted by Crippen LogP contribution is -2.42. The lowest BCUT2D eigenvalue weighted by atomic mass is 9.83. The van der Waals surface area contributed by atoms with E-state index in [0.29, 0.717) is 13.1 Å². The molecule has 2 atom stereocenters. The Kier molecular flexibility index (Phi) is 5.19. The molecule has 1 aliphatic carbocycles. The molecule has 1 saturated heterocycles. The molecule has 19 heavy (non-hydrogen) atoms. The van der Waals surface area contributed by atoms with Gasteiger partial charge in [0.1, 0.15) is 6.10 Å². The van der Waals surface area contributed by atoms with Gasteiger partial charge in [-0.2, -0.15) is 0 Å². The van der Waals surface area contributed by atoms with Gasteiger partial charge in [-0.15, -0.1) is 0 Å². The zero-order valence-electron chi connectivity index (χ0n) is 11.6. The van der Waals surface area contributed by atoms with E-state index in [1.807, 2.05) is 0 Å². The molecule has 4 N–H and O–H groups in total. The molecule has 0 aromatic rings. The molecule has 1 heterocycles. The van der Waals surface area contributed by atoms with Crippen molar-refractivity contribution in [2.45, 2.75) is 57.2 Å². The lowest BCUT2D eigenvalue weighted by Gasteiger charge is -2.29. The standard InChI is InChI=1S/C14H26N2O3/c15-9-11-3-4-12(19-11)13(18)16-10-14(7-8-17)5-1-2-6-14/h11-12,17H,1-10,15H2,(H,16,18)/t11-,12+/m1/s1. The van der Waals surface area contributed by atoms with E-state index in [4.69, 9.17) is 10.5 Å². The van der Waals surface area contributed by atoms with E-state index in [1.165, 1.54) is 12.8 Å². The van der Waals surface area contributed by atoms with Crippen LogP contribution in [0.25, 0.3) is 0 Å². The minimum Gasteiger partial charge on any atom is -0.396 e. The zero-order chi connectivity index (χ0) is 13.7. The van der Waals surface area contributed by atoms with Gasteiger partial charge in [-0.3, -0.25) is 4.79 Å². The van der Waals surface area contributed by atoms with Crippen LogP contribution in [-0.2, 0) is 9.53 Å². The summed E-state index contributed by atoms with van der Waals surface area (Å²) in [5.74, 6) is -0.0137. The lowest BCUT2D eigenvalue weighted by molar-refractivity contribution is -0.132. The molecule has 1 saturated carbocycles. The Bertz CT molecular complexity index is 303. The normalized spacial score (nSPS) is 29.6. The van der Waals surface area contributed by atoms with E-state index >= 15 is 0 Å². The van der Waals surface area contributed by atoms with Gasteiger partial charge in [-0.05, 0) is 37.5 Å². The molecule has 1 amide bonds. The number of aliphatic hydroxyl groups excluding tert-OH is 1. The molecule has 0 aromatic heterocycles. The summed E-state index contributed by atoms with van der Waals surface area (Å²) in [6, 6.07) is 0. The maximum atomic E-state index is 12.1. The minimum absolute atomic E-state index is 0.0137. The van der Waals surface area contributed by atoms with E-state index in [-0.39, 0.29) is 30.1 Å². The molecule has 5 nitrogen and oxygen atoms in total. The summed E-state index contributed by atoms with van der Waals surface area (Å²) in [6.07, 6.45) is 6.72. The maximum absolute atomic E-state index is 12.1. The van der Waals surface area contributed by atoms with Crippen LogP contribution in [0.5, 0.6) is 0 Å². The van der Waals surface area contributed by atoms with Crippen molar-refractivity contribution in [2.75, 3.05) is 19.7 Å². The Morgan fingerprint density at radius 2 is 2.11 bits per heavy atom. The number of carbonyl (C=O) groups excluding carboxylic acids is 1. The SMILES string of the molecule is NC[C@H]1CC[C@@H](C(=O)NCC2(CCO)CCCC2)O1. The molecular weight excluding hydrogens is 244 g/mol. The number of nitrogens with one attached hydrogen (secondary N) is 1. The van der Waals surface area contributed by atoms with E-state index in [2.05, 4.69) is 5.32 Å². The van der Waals surface area contributed by atoms with Crippen LogP contribution in [0.2, 0.25) is 0 Å². The molecule has 1 aliphatic heterocycles. The molecule has 0 spiro atoms. The van der Waals surface area contributed by atoms with Crippen LogP contribution in [0, 0.1) is 5.41 Å². The summed E-state index contributed by atoms with van der Waals surface area (Å²) in [5, 5.41) is 12.2. The van der Waals surface area contributed by atoms with E-state index < -0.39 is 0 Å². The summed E-state index contributed by atoms with van der Waals surface area (Å²) >= 11 is 0. The van der Waals surface area contributed by atoms with Crippen molar-refractivity contribution in [3.63, 3.8) is 0 Å². The van der Waals surface area contributed by atoms with Crippen molar-refractivity contribution in [2.24, 2.45) is 11.1 Å². The molecule has 0 radical (unpaired) electrons. The number of amides is 1. The Balaban J connectivity index is 1.79. The van der Waals surface area contributed by atoms with Crippen molar-refractivity contribution >= 4 is 5.91 Å². The molecule has 5 heteroatoms. The van der Waals surface area contributed by atoms with Crippen LogP contribution in [0.3, 0.4) is 0 Å². The minimum atomic E-state index is -0.332. The topological polar surface area (TPSA) is 84.6 Å². The van der Waals surface area contributed by atoms with Crippen LogP contribution >= 0.6 is 0 Å². The first-order valence-electron chi connectivity index (χ1n) is 7.43. The highest BCUT2D eigenvalue weighted by Crippen LogP contribution is 2.40. The fraction of sp³-hybridized carbons (Fsp3) is 0.929. The second-order valence-electron chi connectivity index (χ2n) is 5.96. The summed E-state index contributed by atoms with van der Waals surface area (Å²) in [7, 11) is 0. The number of ether oxygens (including phenoxy) is 1. The molecule has 0 aromatic carbocycles. The van der Waals surface area contributed by atoms with Gasteiger partial charge in [-0.25, -0.2) is 0 Å². The Morgan fingerprint density at radius 1 is 1.37 bits per heavy atom. The van der Waals surface area contributed by atoms with Gasteiger partial charge in [0, 0.05) is 19.7 Å². The van der Waals surface area contributed by atoms with Gasteiger partial charge in [-0.1, -0.05) is 12.8 Å². The fourth-order valence-electron chi connectivity index (χ4n) is 3.34. The summed E-state index contributed by atoms with van der Waals surface area (Å²) in [4.78, 5) is 12.1. The second kappa shape index (κ2) is 6.68. The van der Waals surface area contributed by atoms with E-state index in [1.54, 1.807) is 0 Å². The van der Waals surface area contributed by atoms with Gasteiger partial charge in [0.15, 0.2) is 0 Å². The van der Waals surface area contributed by atoms with Crippen molar-refractivity contribution < 1.29 is 14.6 Å². The van der Waals surface area contributed by atoms with Crippen LogP contribution in [0.4, 0.5) is 0 Å². The van der Waals surface area contributed by atoms with Crippen molar-refractivity contribution in [1.82, 2.24) is 5.32 Å². The van der Waals surface area contributed by atoms with Crippen LogP contribution < -0.4 is 11.1 Å². The molecule has 110 valence electrons. The van der Waals surface area contributed by atoms with Crippen molar-refractivity contribution in [3.05, 3.63) is 0 Å². The number of aliphatic hydroxyl groups is 1. The first-order chi connectivity index (χ1) is 9.19. The van der Waals surface area contributed by atoms with Crippen LogP contribution in [0.15, 0.2) is 0 Å². The van der Waals surface area contributed by atoms with Gasteiger partial charge in [0.05, 0.1) is 6.10 Å². The molecule has 2 rings (SSSR count). The molecule has 2 fully saturated rings. The van der Waals surface area contributed by atoms with Gasteiger partial charge in [0.25, 0.3) is 0 Å². The largest absolute Gasteiger partial charge is 0.396 e. The first-order valence-corrected chi connectivity index (χ1v) is 7.43. The average molecular weight is 270 g/mol. The fourth-order valence-corrected chi connectivity index (χ4v) is 3.34. The average Bonchev–Trinajstić information content (AvgIpc) is 3.06. The third kappa shape index (κ3) is 3.68. The number of nitrogens with two attached hydrogens (primary N) is 1. The number of carbonyl (C=O) groups is 1. The third-order valence-corrected chi connectivity index (χ3v) is 4.61. The monoisotopic (exact) mass is 270 g/mol. The van der Waals surface area contributed by atoms with Gasteiger partial charge >= 0.3 is 0 Å². The summed E-state index contributed by atoms with van der Waals surface area (Å²) in [6.45, 7) is 1.35. The highest BCUT2D eigenvalue weighted by Gasteiger charge is 2.35. The zero-order valence-corrected chi connectivity index (χ0v) is 11.6. The quantitative estimate of drug-likeness (QED) is 0.658. The van der Waals surface area contributed by atoms with Crippen LogP contribution in [0.1, 0.15) is 44.9 Å². The molecule has 2 aliphatic rings. The highest BCUT2D eigenvalue weighted by molar-refractivity contribution is 5.81. The van der Waals surface area contributed by atoms with Crippen molar-refractivity contribution in [3.8, 4) is 0 Å². The van der Waals surface area contributed by atoms with Gasteiger partial charge < -0.3 is 20.9 Å². The highest BCUT2D eigenvalue weighted by atomic mass is 16.5. The van der Waals surface area contributed by atoms with E-state index in [9.17, 15) is 9.90 Å². The maximum Gasteiger partial charge on any atom is 0.249 e. The number of hydrogen-bond donors (Lipinski definition) is 3. The van der Waals surface area contributed by atoms with Gasteiger partial charge in [0.2, 0.25) is 5.91 Å². The number of hydrogen-bond acceptors (Lipinski definition) is 4. The predicted molar refractivity (Wildman–Crippen MR) is 72.6 cm³/mol. The second-order valence-corrected chi connectivity index (χ2v) is 5.96. The van der Waals surface area contributed by atoms with E-state index in [0.717, 1.165) is 32.1 Å². The Morgan fingerprint density at radius 3 is 2.68 bits per heavy atom. The smallest absolute Gasteiger partial charge is 0.249 e.